The van der Waals surface area contributed by atoms with Crippen LogP contribution >= 0.6 is 15.9 Å². The number of fused-ring (bicyclic) bond motifs is 4. The number of benzene rings is 4. The standard InChI is InChI=1S/C15H9BrO2.C15H9N3O2.CH4.N3.Na/c16-8-9-5-6-12-13(7-9)15(18)11-4-2-1-3-10(11)14(12)17;16-18-17-8-9-5-6-12-13(7-9)15(20)11-4-2-1-3-10(11)14(12)19;;1-3-2;/h1-7H,8H2;1-7H,8H2;1H4;;/q;;;-1;+1. The van der Waals surface area contributed by atoms with Crippen molar-refractivity contribution in [3.8, 4) is 0 Å². The molecule has 6 rings (SSSR count). The fourth-order valence-electron chi connectivity index (χ4n) is 4.59. The fraction of sp³-hybridized carbons (Fsp3) is 0.0968. The molecule has 10 nitrogen and oxygen atoms in total. The fourth-order valence-corrected chi connectivity index (χ4v) is 4.94. The van der Waals surface area contributed by atoms with E-state index in [1.54, 1.807) is 78.9 Å². The molecular weight excluding hydrogens is 623 g/mol. The number of hydrogen-bond acceptors (Lipinski definition) is 5. The largest absolute Gasteiger partial charge is 1.00 e. The van der Waals surface area contributed by atoms with Crippen LogP contribution in [0.4, 0.5) is 0 Å². The van der Waals surface area contributed by atoms with Gasteiger partial charge in [0.1, 0.15) is 0 Å². The van der Waals surface area contributed by atoms with E-state index in [0.29, 0.717) is 55.4 Å². The predicted molar refractivity (Wildman–Crippen MR) is 162 cm³/mol. The maximum atomic E-state index is 12.4. The smallest absolute Gasteiger partial charge is 0.373 e. The molecule has 0 saturated heterocycles. The van der Waals surface area contributed by atoms with E-state index in [0.717, 1.165) is 5.56 Å². The van der Waals surface area contributed by atoms with Gasteiger partial charge in [-0.2, -0.15) is 0 Å². The zero-order chi connectivity index (χ0) is 29.5. The molecule has 0 radical (unpaired) electrons. The van der Waals surface area contributed by atoms with Crippen molar-refractivity contribution < 1.29 is 48.7 Å². The third kappa shape index (κ3) is 7.18. The molecule has 12 heteroatoms. The summed E-state index contributed by atoms with van der Waals surface area (Å²) in [7, 11) is 0. The number of ketones is 4. The summed E-state index contributed by atoms with van der Waals surface area (Å²) in [6.07, 6.45) is 0. The van der Waals surface area contributed by atoms with Crippen molar-refractivity contribution in [3.63, 3.8) is 0 Å². The van der Waals surface area contributed by atoms with Gasteiger partial charge < -0.3 is 11.1 Å². The number of azide groups is 1. The Labute approximate surface area is 277 Å². The Bertz CT molecular complexity index is 1830. The van der Waals surface area contributed by atoms with Gasteiger partial charge in [0, 0.05) is 54.7 Å². The third-order valence-electron chi connectivity index (χ3n) is 6.45. The van der Waals surface area contributed by atoms with Crippen LogP contribution in [-0.4, -0.2) is 23.1 Å². The second kappa shape index (κ2) is 15.8. The van der Waals surface area contributed by atoms with E-state index in [2.05, 4.69) is 26.0 Å². The first-order chi connectivity index (χ1) is 19.9. The Morgan fingerprint density at radius 2 is 0.884 bits per heavy atom. The van der Waals surface area contributed by atoms with Crippen LogP contribution < -0.4 is 29.6 Å². The van der Waals surface area contributed by atoms with Crippen LogP contribution in [0.1, 0.15) is 82.2 Å². The number of carbonyl (C=O) groups is 4. The van der Waals surface area contributed by atoms with E-state index in [1.807, 2.05) is 6.07 Å². The molecule has 43 heavy (non-hydrogen) atoms. The molecule has 0 unspecified atom stereocenters. The molecule has 2 aliphatic carbocycles. The molecule has 0 amide bonds. The van der Waals surface area contributed by atoms with E-state index in [9.17, 15) is 19.2 Å². The average molecular weight is 645 g/mol. The zero-order valence-corrected chi connectivity index (χ0v) is 25.8. The molecule has 4 aromatic rings. The van der Waals surface area contributed by atoms with Gasteiger partial charge >= 0.3 is 29.6 Å². The molecule has 0 N–H and O–H groups in total. The van der Waals surface area contributed by atoms with Gasteiger partial charge in [0.25, 0.3) is 0 Å². The summed E-state index contributed by atoms with van der Waals surface area (Å²) in [6.45, 7) is 0.160. The van der Waals surface area contributed by atoms with Gasteiger partial charge in [-0.05, 0) is 34.9 Å². The minimum atomic E-state index is -0.169. The van der Waals surface area contributed by atoms with E-state index < -0.39 is 0 Å². The van der Waals surface area contributed by atoms with Crippen LogP contribution in [0.25, 0.3) is 26.4 Å². The van der Waals surface area contributed by atoms with Crippen molar-refractivity contribution in [2.24, 2.45) is 5.11 Å². The number of halogens is 1. The van der Waals surface area contributed by atoms with Crippen molar-refractivity contribution in [2.75, 3.05) is 0 Å². The Morgan fingerprint density at radius 3 is 1.26 bits per heavy atom. The monoisotopic (exact) mass is 644 g/mol. The molecule has 0 saturated carbocycles. The predicted octanol–water partition coefficient (Wildman–Crippen LogP) is 5.14. The van der Waals surface area contributed by atoms with E-state index >= 15 is 0 Å². The number of hydrogen-bond donors (Lipinski definition) is 0. The maximum absolute atomic E-state index is 12.4. The summed E-state index contributed by atoms with van der Waals surface area (Å²) in [4.78, 5) is 53.6. The molecule has 0 fully saturated rings. The first-order valence-electron chi connectivity index (χ1n) is 12.0. The van der Waals surface area contributed by atoms with E-state index in [1.165, 1.54) is 4.91 Å². The molecule has 4 aromatic carbocycles. The molecule has 0 aromatic heterocycles. The molecule has 0 atom stereocenters. The first kappa shape index (κ1) is 34.9. The minimum Gasteiger partial charge on any atom is -0.373 e. The third-order valence-corrected chi connectivity index (χ3v) is 7.10. The van der Waals surface area contributed by atoms with Gasteiger partial charge in [0.05, 0.1) is 6.54 Å². The van der Waals surface area contributed by atoms with Crippen LogP contribution in [0.2, 0.25) is 0 Å². The average Bonchev–Trinajstić information content (AvgIpc) is 3.02. The van der Waals surface area contributed by atoms with Crippen LogP contribution in [-0.2, 0) is 11.9 Å². The van der Waals surface area contributed by atoms with Crippen molar-refractivity contribution in [1.29, 1.82) is 0 Å². The van der Waals surface area contributed by atoms with Crippen LogP contribution in [0, 0.1) is 0 Å². The summed E-state index contributed by atoms with van der Waals surface area (Å²) in [5, 5.41) is 4.13. The van der Waals surface area contributed by atoms with Crippen molar-refractivity contribution in [1.82, 2.24) is 0 Å². The van der Waals surface area contributed by atoms with Gasteiger partial charge in [-0.1, -0.05) is 95.2 Å². The van der Waals surface area contributed by atoms with Gasteiger partial charge in [0.2, 0.25) is 0 Å². The molecule has 0 spiro atoms. The van der Waals surface area contributed by atoms with Crippen LogP contribution in [0.5, 0.6) is 0 Å². The Kier molecular flexibility index (Phi) is 12.8. The van der Waals surface area contributed by atoms with Crippen molar-refractivity contribution in [3.05, 3.63) is 167 Å². The Balaban J connectivity index is 0.000000265. The SMILES string of the molecule is C.O=C1c2ccccc2C(=O)c2cc(CBr)ccc21.[N-]=[N+]=NCc1ccc2c(c1)C(=O)c1ccccc1C2=O.[N-]=[N+]=[N-].[Na+]. The van der Waals surface area contributed by atoms with Gasteiger partial charge in [-0.25, -0.2) is 0 Å². The topological polar surface area (TPSA) is 176 Å². The molecule has 0 bridgehead atoms. The van der Waals surface area contributed by atoms with Crippen LogP contribution in [0.3, 0.4) is 0 Å². The second-order valence-electron chi connectivity index (χ2n) is 8.78. The zero-order valence-electron chi connectivity index (χ0n) is 22.2. The number of rotatable bonds is 3. The first-order valence-corrected chi connectivity index (χ1v) is 13.2. The van der Waals surface area contributed by atoms with Crippen LogP contribution in [0.15, 0.2) is 90.0 Å². The molecule has 2 aliphatic rings. The number of nitrogens with zero attached hydrogens (tertiary/aromatic N) is 6. The maximum Gasteiger partial charge on any atom is 1.00 e. The van der Waals surface area contributed by atoms with Crippen molar-refractivity contribution >= 4 is 39.1 Å². The second-order valence-corrected chi connectivity index (χ2v) is 9.34. The summed E-state index contributed by atoms with van der Waals surface area (Å²) in [5.41, 5.74) is 27.2. The molecular formula is C31H22BrN6NaO4. The summed E-state index contributed by atoms with van der Waals surface area (Å²) >= 11 is 3.36. The molecule has 0 heterocycles. The molecule has 0 aliphatic heterocycles. The molecule has 208 valence electrons. The minimum absolute atomic E-state index is 0. The number of alkyl halides is 1. The summed E-state index contributed by atoms with van der Waals surface area (Å²) < 4.78 is 0. The summed E-state index contributed by atoms with van der Waals surface area (Å²) in [5.74, 6) is -0.451. The number of carbonyl (C=O) groups excluding carboxylic acids is 4. The van der Waals surface area contributed by atoms with Gasteiger partial charge in [-0.3, -0.25) is 24.1 Å². The van der Waals surface area contributed by atoms with E-state index in [-0.39, 0.29) is 66.7 Å². The van der Waals surface area contributed by atoms with Gasteiger partial charge in [-0.15, -0.1) is 0 Å². The Morgan fingerprint density at radius 1 is 0.558 bits per heavy atom. The van der Waals surface area contributed by atoms with Gasteiger partial charge in [0.15, 0.2) is 23.1 Å². The van der Waals surface area contributed by atoms with E-state index in [4.69, 9.17) is 16.6 Å². The summed E-state index contributed by atoms with van der Waals surface area (Å²) in [6, 6.07) is 24.1. The normalized spacial score (nSPS) is 11.5. The quantitative estimate of drug-likeness (QED) is 0.0852. The van der Waals surface area contributed by atoms with Crippen molar-refractivity contribution in [2.45, 2.75) is 19.3 Å². The Hall–Kier alpha value is -4.34.